The Morgan fingerprint density at radius 1 is 0.923 bits per heavy atom. The summed E-state index contributed by atoms with van der Waals surface area (Å²) in [4.78, 5) is 64.5. The summed E-state index contributed by atoms with van der Waals surface area (Å²) in [6.07, 6.45) is -5.48. The molecule has 8 atom stereocenters. The van der Waals surface area contributed by atoms with Crippen LogP contribution in [-0.4, -0.2) is 77.0 Å². The smallest absolute Gasteiger partial charge is 0.338 e. The average molecular weight is 547 g/mol. The number of benzene rings is 1. The van der Waals surface area contributed by atoms with E-state index in [4.69, 9.17) is 23.7 Å². The second-order valence-corrected chi connectivity index (χ2v) is 11.1. The number of ketones is 1. The molecular formula is C28H34O11. The molecule has 11 nitrogen and oxygen atoms in total. The van der Waals surface area contributed by atoms with E-state index in [1.165, 1.54) is 26.0 Å². The molecule has 2 bridgehead atoms. The summed E-state index contributed by atoms with van der Waals surface area (Å²) in [6.45, 7) is 7.64. The summed E-state index contributed by atoms with van der Waals surface area (Å²) in [5.41, 5.74) is -4.78. The van der Waals surface area contributed by atoms with Crippen molar-refractivity contribution in [3.8, 4) is 0 Å². The lowest BCUT2D eigenvalue weighted by molar-refractivity contribution is -0.312. The van der Waals surface area contributed by atoms with E-state index in [0.717, 1.165) is 6.92 Å². The number of carbonyl (C=O) groups is 5. The zero-order valence-electron chi connectivity index (χ0n) is 22.8. The molecule has 1 aromatic carbocycles. The topological polar surface area (TPSA) is 152 Å². The number of hydrogen-bond donors (Lipinski definition) is 1. The first-order valence-electron chi connectivity index (χ1n) is 12.8. The van der Waals surface area contributed by atoms with Crippen LogP contribution in [0, 0.1) is 17.3 Å². The van der Waals surface area contributed by atoms with Gasteiger partial charge in [-0.25, -0.2) is 4.79 Å². The molecule has 2 aliphatic carbocycles. The van der Waals surface area contributed by atoms with Crippen molar-refractivity contribution in [2.75, 3.05) is 6.61 Å². The zero-order valence-corrected chi connectivity index (χ0v) is 22.8. The van der Waals surface area contributed by atoms with Crippen molar-refractivity contribution < 1.29 is 52.8 Å². The lowest BCUT2D eigenvalue weighted by Gasteiger charge is -2.62. The maximum atomic E-state index is 14.3. The van der Waals surface area contributed by atoms with Crippen molar-refractivity contribution in [3.05, 3.63) is 35.9 Å². The Hall–Kier alpha value is -3.31. The van der Waals surface area contributed by atoms with Gasteiger partial charge in [-0.15, -0.1) is 0 Å². The van der Waals surface area contributed by atoms with Gasteiger partial charge in [-0.1, -0.05) is 25.1 Å². The van der Waals surface area contributed by atoms with Gasteiger partial charge in [0.05, 0.1) is 23.7 Å². The molecule has 0 aromatic heterocycles. The third kappa shape index (κ3) is 4.31. The van der Waals surface area contributed by atoms with Crippen molar-refractivity contribution in [2.24, 2.45) is 17.3 Å². The summed E-state index contributed by atoms with van der Waals surface area (Å²) < 4.78 is 29.6. The largest absolute Gasteiger partial charge is 0.459 e. The van der Waals surface area contributed by atoms with E-state index < -0.39 is 89.1 Å². The molecule has 0 amide bonds. The van der Waals surface area contributed by atoms with E-state index in [-0.39, 0.29) is 12.0 Å². The Labute approximate surface area is 226 Å². The van der Waals surface area contributed by atoms with Crippen LogP contribution in [0.1, 0.15) is 58.3 Å². The molecule has 1 spiro atoms. The van der Waals surface area contributed by atoms with Crippen LogP contribution in [0.2, 0.25) is 0 Å². The minimum Gasteiger partial charge on any atom is -0.459 e. The molecule has 1 aliphatic heterocycles. The summed E-state index contributed by atoms with van der Waals surface area (Å²) in [5, 5.41) is 11.2. The van der Waals surface area contributed by atoms with Crippen LogP contribution in [0.3, 0.4) is 0 Å². The molecule has 1 saturated heterocycles. The number of Topliss-reactive ketones (excluding diaryl/α,β-unsaturated/α-hetero) is 1. The normalized spacial score (nSPS) is 36.3. The third-order valence-electron chi connectivity index (χ3n) is 8.23. The molecule has 4 rings (SSSR count). The predicted octanol–water partition coefficient (Wildman–Crippen LogP) is 1.77. The number of hydrogen-bond acceptors (Lipinski definition) is 11. The van der Waals surface area contributed by atoms with Crippen LogP contribution < -0.4 is 0 Å². The van der Waals surface area contributed by atoms with Crippen LogP contribution >= 0.6 is 0 Å². The van der Waals surface area contributed by atoms with E-state index in [9.17, 15) is 29.1 Å². The van der Waals surface area contributed by atoms with E-state index in [1.807, 2.05) is 0 Å². The van der Waals surface area contributed by atoms with Crippen LogP contribution in [0.15, 0.2) is 30.3 Å². The molecule has 0 radical (unpaired) electrons. The summed E-state index contributed by atoms with van der Waals surface area (Å²) in [7, 11) is 0. The zero-order chi connectivity index (χ0) is 28.9. The first-order chi connectivity index (χ1) is 18.2. The number of fused-ring (bicyclic) bond motifs is 1. The molecule has 0 unspecified atom stereocenters. The van der Waals surface area contributed by atoms with Gasteiger partial charge in [0.1, 0.15) is 23.2 Å². The van der Waals surface area contributed by atoms with Crippen molar-refractivity contribution in [2.45, 2.75) is 83.6 Å². The predicted molar refractivity (Wildman–Crippen MR) is 132 cm³/mol. The Kier molecular flexibility index (Phi) is 7.37. The maximum absolute atomic E-state index is 14.3. The molecule has 11 heteroatoms. The fourth-order valence-corrected chi connectivity index (χ4v) is 7.06. The molecule has 3 fully saturated rings. The Morgan fingerprint density at radius 3 is 2.03 bits per heavy atom. The number of aliphatic hydroxyl groups excluding tert-OH is 1. The van der Waals surface area contributed by atoms with E-state index in [1.54, 1.807) is 39.0 Å². The summed E-state index contributed by atoms with van der Waals surface area (Å²) >= 11 is 0. The number of carbonyl (C=O) groups excluding carboxylic acids is 5. The van der Waals surface area contributed by atoms with Crippen LogP contribution in [-0.2, 0) is 42.9 Å². The molecule has 3 aliphatic rings. The minimum atomic E-state index is -2.01. The fourth-order valence-electron chi connectivity index (χ4n) is 7.06. The minimum absolute atomic E-state index is 0.0768. The van der Waals surface area contributed by atoms with Crippen molar-refractivity contribution in [1.82, 2.24) is 0 Å². The molecule has 1 aromatic rings. The Morgan fingerprint density at radius 2 is 1.49 bits per heavy atom. The van der Waals surface area contributed by atoms with Crippen LogP contribution in [0.25, 0.3) is 0 Å². The molecule has 1 heterocycles. The number of aliphatic hydroxyl groups is 1. The molecule has 2 saturated carbocycles. The van der Waals surface area contributed by atoms with Crippen LogP contribution in [0.4, 0.5) is 0 Å². The SMILES string of the molecule is CC(=O)O[C@H]1C[C@@H](C)[C@]23OC(C)(C)[C@H](C(=O)[C@H](OC(=O)c4ccccc4)[C@]2(CO)[C@H]1OC(C)=O)[C@H]3OC(C)=O. The van der Waals surface area contributed by atoms with Crippen LogP contribution in [0.5, 0.6) is 0 Å². The van der Waals surface area contributed by atoms with Gasteiger partial charge >= 0.3 is 23.9 Å². The lowest BCUT2D eigenvalue weighted by atomic mass is 9.47. The van der Waals surface area contributed by atoms with Gasteiger partial charge in [0, 0.05) is 20.8 Å². The molecule has 1 N–H and O–H groups in total. The van der Waals surface area contributed by atoms with Gasteiger partial charge in [0.25, 0.3) is 0 Å². The quantitative estimate of drug-likeness (QED) is 0.410. The van der Waals surface area contributed by atoms with Gasteiger partial charge in [0.15, 0.2) is 18.0 Å². The first-order valence-corrected chi connectivity index (χ1v) is 12.8. The lowest BCUT2D eigenvalue weighted by Crippen LogP contribution is -2.80. The second kappa shape index (κ2) is 10.0. The third-order valence-corrected chi connectivity index (χ3v) is 8.23. The number of rotatable bonds is 6. The Bertz CT molecular complexity index is 1180. The molecule has 39 heavy (non-hydrogen) atoms. The summed E-state index contributed by atoms with van der Waals surface area (Å²) in [6, 6.07) is 7.95. The van der Waals surface area contributed by atoms with Gasteiger partial charge in [0.2, 0.25) is 0 Å². The van der Waals surface area contributed by atoms with E-state index in [2.05, 4.69) is 0 Å². The van der Waals surface area contributed by atoms with Gasteiger partial charge in [-0.3, -0.25) is 19.2 Å². The highest BCUT2D eigenvalue weighted by atomic mass is 16.6. The second-order valence-electron chi connectivity index (χ2n) is 11.1. The van der Waals surface area contributed by atoms with Crippen molar-refractivity contribution in [1.29, 1.82) is 0 Å². The standard InChI is InChI=1S/C28H34O11/c1-14-12-19(35-15(2)30)22(36-16(3)31)27(13-29)24(38-25(34)18-10-8-7-9-11-18)21(33)20-23(37-17(4)32)28(14,27)39-26(20,5)6/h7-11,14,19-20,22-24,29H,12-13H2,1-6H3/t14-,19+,20-,22+,23-,24+,27+,28-/m1/s1. The Balaban J connectivity index is 2.01. The first kappa shape index (κ1) is 28.7. The number of esters is 4. The highest BCUT2D eigenvalue weighted by Gasteiger charge is 2.84. The van der Waals surface area contributed by atoms with E-state index >= 15 is 0 Å². The fraction of sp³-hybridized carbons (Fsp3) is 0.607. The maximum Gasteiger partial charge on any atom is 0.338 e. The number of ether oxygens (including phenoxy) is 5. The van der Waals surface area contributed by atoms with Crippen molar-refractivity contribution in [3.63, 3.8) is 0 Å². The van der Waals surface area contributed by atoms with Crippen molar-refractivity contribution >= 4 is 29.7 Å². The van der Waals surface area contributed by atoms with Gasteiger partial charge < -0.3 is 28.8 Å². The van der Waals surface area contributed by atoms with Gasteiger partial charge in [-0.05, 0) is 38.3 Å². The van der Waals surface area contributed by atoms with E-state index in [0.29, 0.717) is 0 Å². The highest BCUT2D eigenvalue weighted by Crippen LogP contribution is 2.67. The monoisotopic (exact) mass is 546 g/mol. The molecular weight excluding hydrogens is 512 g/mol. The van der Waals surface area contributed by atoms with Gasteiger partial charge in [-0.2, -0.15) is 0 Å². The molecule has 212 valence electrons. The summed E-state index contributed by atoms with van der Waals surface area (Å²) in [5.74, 6) is -5.42. The average Bonchev–Trinajstić information content (AvgIpc) is 3.04. The highest BCUT2D eigenvalue weighted by molar-refractivity contribution is 5.96.